The third kappa shape index (κ3) is 2.96. The second-order valence-corrected chi connectivity index (χ2v) is 9.11. The summed E-state index contributed by atoms with van der Waals surface area (Å²) in [6.07, 6.45) is 0. The summed E-state index contributed by atoms with van der Waals surface area (Å²) in [5, 5.41) is 0. The van der Waals surface area contributed by atoms with Crippen LogP contribution >= 0.6 is 0 Å². The van der Waals surface area contributed by atoms with Crippen molar-refractivity contribution in [2.45, 2.75) is 25.6 Å². The predicted molar refractivity (Wildman–Crippen MR) is 97.2 cm³/mol. The largest absolute Gasteiger partial charge is 0.325 e. The lowest BCUT2D eigenvalue weighted by atomic mass is 10.1. The number of carbonyl (C=O) groups is 1. The van der Waals surface area contributed by atoms with E-state index in [1.54, 1.807) is 21.9 Å². The molecule has 0 aromatic heterocycles. The molecule has 2 aliphatic heterocycles. The van der Waals surface area contributed by atoms with Crippen LogP contribution in [0, 0.1) is 12.7 Å². The highest BCUT2D eigenvalue weighted by molar-refractivity contribution is 7.91. The number of sulfone groups is 1. The van der Waals surface area contributed by atoms with Crippen LogP contribution in [0.4, 0.5) is 14.9 Å². The number of nitrogens with zero attached hydrogens (tertiary/aromatic N) is 2. The minimum atomic E-state index is -3.21. The van der Waals surface area contributed by atoms with Crippen LogP contribution < -0.4 is 4.90 Å². The zero-order valence-electron chi connectivity index (χ0n) is 14.3. The molecule has 0 N–H and O–H groups in total. The minimum Gasteiger partial charge on any atom is -0.314 e. The monoisotopic (exact) mass is 374 g/mol. The molecule has 2 atom stereocenters. The third-order valence-corrected chi connectivity index (χ3v) is 6.75. The van der Waals surface area contributed by atoms with Gasteiger partial charge >= 0.3 is 6.03 Å². The first-order valence-electron chi connectivity index (χ1n) is 8.45. The van der Waals surface area contributed by atoms with Gasteiger partial charge in [0.05, 0.1) is 23.6 Å². The molecule has 0 unspecified atom stereocenters. The molecule has 2 heterocycles. The summed E-state index contributed by atoms with van der Waals surface area (Å²) in [6, 6.07) is 12.4. The van der Waals surface area contributed by atoms with Crippen LogP contribution in [0.2, 0.25) is 0 Å². The lowest BCUT2D eigenvalue weighted by Crippen LogP contribution is -2.37. The lowest BCUT2D eigenvalue weighted by Gasteiger charge is -2.22. The molecule has 2 amide bonds. The number of hydrogen-bond acceptors (Lipinski definition) is 3. The topological polar surface area (TPSA) is 57.7 Å². The Morgan fingerprint density at radius 2 is 1.62 bits per heavy atom. The third-order valence-electron chi connectivity index (χ3n) is 5.06. The fourth-order valence-electron chi connectivity index (χ4n) is 3.76. The van der Waals surface area contributed by atoms with E-state index in [0.29, 0.717) is 5.69 Å². The predicted octanol–water partition coefficient (Wildman–Crippen LogP) is 2.74. The Balaban J connectivity index is 1.69. The highest BCUT2D eigenvalue weighted by atomic mass is 32.2. The molecule has 26 heavy (non-hydrogen) atoms. The van der Waals surface area contributed by atoms with Crippen molar-refractivity contribution in [3.8, 4) is 0 Å². The minimum absolute atomic E-state index is 0.0306. The Hall–Kier alpha value is -2.41. The number of urea groups is 1. The quantitative estimate of drug-likeness (QED) is 0.777. The molecular formula is C19H19FN2O3S. The van der Waals surface area contributed by atoms with E-state index in [1.165, 1.54) is 12.1 Å². The molecule has 2 saturated heterocycles. The normalized spacial score (nSPS) is 24.2. The maximum Gasteiger partial charge on any atom is 0.325 e. The first-order chi connectivity index (χ1) is 12.3. The van der Waals surface area contributed by atoms with Crippen molar-refractivity contribution < 1.29 is 17.6 Å². The Morgan fingerprint density at radius 3 is 2.27 bits per heavy atom. The summed E-state index contributed by atoms with van der Waals surface area (Å²) < 4.78 is 37.6. The fraction of sp³-hybridized carbons (Fsp3) is 0.316. The second kappa shape index (κ2) is 6.09. The van der Waals surface area contributed by atoms with Crippen molar-refractivity contribution >= 4 is 21.6 Å². The van der Waals surface area contributed by atoms with Crippen molar-refractivity contribution in [1.29, 1.82) is 0 Å². The van der Waals surface area contributed by atoms with Gasteiger partial charge in [-0.2, -0.15) is 0 Å². The van der Waals surface area contributed by atoms with Crippen molar-refractivity contribution in [2.75, 3.05) is 16.4 Å². The van der Waals surface area contributed by atoms with Gasteiger partial charge in [-0.05, 0) is 36.8 Å². The lowest BCUT2D eigenvalue weighted by molar-refractivity contribution is 0.206. The molecule has 2 aromatic rings. The molecule has 7 heteroatoms. The molecule has 0 aliphatic carbocycles. The molecule has 2 fully saturated rings. The van der Waals surface area contributed by atoms with Crippen LogP contribution in [0.15, 0.2) is 48.5 Å². The van der Waals surface area contributed by atoms with Gasteiger partial charge in [0, 0.05) is 12.2 Å². The van der Waals surface area contributed by atoms with E-state index in [9.17, 15) is 17.6 Å². The first kappa shape index (κ1) is 17.0. The Bertz CT molecular complexity index is 942. The van der Waals surface area contributed by atoms with Gasteiger partial charge in [0.2, 0.25) is 0 Å². The Labute approximate surface area is 152 Å². The van der Waals surface area contributed by atoms with Gasteiger partial charge < -0.3 is 4.90 Å². The van der Waals surface area contributed by atoms with Gasteiger partial charge in [0.15, 0.2) is 9.84 Å². The fourth-order valence-corrected chi connectivity index (χ4v) is 5.71. The van der Waals surface area contributed by atoms with Gasteiger partial charge in [-0.15, -0.1) is 0 Å². The zero-order chi connectivity index (χ0) is 18.5. The molecule has 2 aromatic carbocycles. The van der Waals surface area contributed by atoms with Gasteiger partial charge in [-0.3, -0.25) is 4.90 Å². The second-order valence-electron chi connectivity index (χ2n) is 6.95. The van der Waals surface area contributed by atoms with Crippen LogP contribution in [0.25, 0.3) is 0 Å². The van der Waals surface area contributed by atoms with Crippen LogP contribution in [0.3, 0.4) is 0 Å². The average molecular weight is 374 g/mol. The van der Waals surface area contributed by atoms with Crippen LogP contribution in [-0.4, -0.2) is 42.9 Å². The molecule has 5 nitrogen and oxygen atoms in total. The summed E-state index contributed by atoms with van der Waals surface area (Å²) in [4.78, 5) is 16.3. The molecule has 2 aliphatic rings. The smallest absolute Gasteiger partial charge is 0.314 e. The standard InChI is InChI=1S/C19H19FN2O3S/c1-13-2-8-16(9-3-13)22-18-12-26(24,25)11-17(18)21(19(22)23)10-14-4-6-15(20)7-5-14/h2-9,17-18H,10-12H2,1H3/t17-,18-/m0/s1. The van der Waals surface area contributed by atoms with Crippen LogP contribution in [-0.2, 0) is 16.4 Å². The summed E-state index contributed by atoms with van der Waals surface area (Å²) in [7, 11) is -3.21. The van der Waals surface area contributed by atoms with E-state index >= 15 is 0 Å². The van der Waals surface area contributed by atoms with Crippen molar-refractivity contribution in [1.82, 2.24) is 4.90 Å². The molecule has 0 radical (unpaired) electrons. The summed E-state index contributed by atoms with van der Waals surface area (Å²) in [6.45, 7) is 2.22. The SMILES string of the molecule is Cc1ccc(N2C(=O)N(Cc3ccc(F)cc3)[C@H]3CS(=O)(=O)C[C@@H]32)cc1. The number of benzene rings is 2. The number of rotatable bonds is 3. The Kier molecular flexibility index (Phi) is 3.99. The molecule has 136 valence electrons. The van der Waals surface area contributed by atoms with Gasteiger partial charge in [0.25, 0.3) is 0 Å². The zero-order valence-corrected chi connectivity index (χ0v) is 15.1. The summed E-state index contributed by atoms with van der Waals surface area (Å²) in [5.74, 6) is -0.409. The molecule has 0 bridgehead atoms. The van der Waals surface area contributed by atoms with E-state index in [2.05, 4.69) is 0 Å². The summed E-state index contributed by atoms with van der Waals surface area (Å²) >= 11 is 0. The van der Waals surface area contributed by atoms with E-state index in [4.69, 9.17) is 0 Å². The molecule has 4 rings (SSSR count). The number of hydrogen-bond donors (Lipinski definition) is 0. The van der Waals surface area contributed by atoms with Crippen molar-refractivity contribution in [3.05, 3.63) is 65.5 Å². The van der Waals surface area contributed by atoms with Crippen molar-refractivity contribution in [2.24, 2.45) is 0 Å². The van der Waals surface area contributed by atoms with E-state index in [1.807, 2.05) is 31.2 Å². The highest BCUT2D eigenvalue weighted by Crippen LogP contribution is 2.36. The highest BCUT2D eigenvalue weighted by Gasteiger charge is 2.53. The van der Waals surface area contributed by atoms with Gasteiger partial charge in [0.1, 0.15) is 5.82 Å². The van der Waals surface area contributed by atoms with E-state index in [-0.39, 0.29) is 35.9 Å². The average Bonchev–Trinajstić information content (AvgIpc) is 3.02. The Morgan fingerprint density at radius 1 is 1.00 bits per heavy atom. The molecular weight excluding hydrogens is 355 g/mol. The van der Waals surface area contributed by atoms with Crippen LogP contribution in [0.1, 0.15) is 11.1 Å². The van der Waals surface area contributed by atoms with E-state index < -0.39 is 15.9 Å². The number of aryl methyl sites for hydroxylation is 1. The molecule has 0 spiro atoms. The number of anilines is 1. The van der Waals surface area contributed by atoms with E-state index in [0.717, 1.165) is 11.1 Å². The maximum absolute atomic E-state index is 13.1. The maximum atomic E-state index is 13.1. The van der Waals surface area contributed by atoms with Gasteiger partial charge in [-0.25, -0.2) is 17.6 Å². The first-order valence-corrected chi connectivity index (χ1v) is 10.3. The van der Waals surface area contributed by atoms with Gasteiger partial charge in [-0.1, -0.05) is 29.8 Å². The number of fused-ring (bicyclic) bond motifs is 1. The van der Waals surface area contributed by atoms with Crippen molar-refractivity contribution in [3.63, 3.8) is 0 Å². The number of amides is 2. The van der Waals surface area contributed by atoms with Crippen LogP contribution in [0.5, 0.6) is 0 Å². The number of carbonyl (C=O) groups excluding carboxylic acids is 1. The summed E-state index contributed by atoms with van der Waals surface area (Å²) in [5.41, 5.74) is 2.54. The molecule has 0 saturated carbocycles. The number of halogens is 1.